The molecule has 1 saturated carbocycles. The summed E-state index contributed by atoms with van der Waals surface area (Å²) in [5.41, 5.74) is 3.25. The minimum Gasteiger partial charge on any atom is -0.349 e. The Labute approximate surface area is 243 Å². The Hall–Kier alpha value is -3.51. The average molecular weight is 554 g/mol. The quantitative estimate of drug-likeness (QED) is 0.358. The number of rotatable bonds is 9. The van der Waals surface area contributed by atoms with Crippen molar-refractivity contribution in [3.63, 3.8) is 0 Å². The molecule has 3 aromatic carbocycles. The zero-order valence-corrected chi connectivity index (χ0v) is 24.4. The minimum absolute atomic E-state index is 0.0685. The van der Waals surface area contributed by atoms with E-state index in [1.165, 1.54) is 11.1 Å². The van der Waals surface area contributed by atoms with Gasteiger partial charge in [-0.2, -0.15) is 0 Å². The van der Waals surface area contributed by atoms with Crippen LogP contribution in [0.3, 0.4) is 0 Å². The molecule has 6 heteroatoms. The number of nitrogens with one attached hydrogen (secondary N) is 2. The number of nitrogens with zero attached hydrogens (tertiary/aromatic N) is 1. The molecule has 41 heavy (non-hydrogen) atoms. The van der Waals surface area contributed by atoms with Crippen molar-refractivity contribution in [3.05, 3.63) is 83.4 Å². The molecule has 216 valence electrons. The van der Waals surface area contributed by atoms with E-state index in [4.69, 9.17) is 0 Å². The van der Waals surface area contributed by atoms with Gasteiger partial charge < -0.3 is 10.6 Å². The van der Waals surface area contributed by atoms with Crippen molar-refractivity contribution in [2.24, 2.45) is 11.8 Å². The van der Waals surface area contributed by atoms with Crippen molar-refractivity contribution < 1.29 is 14.4 Å². The lowest BCUT2D eigenvalue weighted by Gasteiger charge is -2.33. The Morgan fingerprint density at radius 1 is 0.878 bits per heavy atom. The standard InChI is InChI=1S/C35H43N3O3/c1-24(2)20-32(33(39)23-38-19-9-14-25-10-4-6-13-29(25)22-38)37-35(41)30-15-7-8-16-31(30)36-34(40)28-18-17-26-11-3-5-12-27(26)21-28/h3-6,10-13,17-18,21,24,30-32H,7-9,14-16,19-20,22-23H2,1-2H3,(H,36,40)(H,37,41)/t30-,31+,32+/m1/s1. The van der Waals surface area contributed by atoms with Crippen LogP contribution in [0.15, 0.2) is 66.7 Å². The molecule has 0 aromatic heterocycles. The molecule has 0 bridgehead atoms. The number of carbonyl (C=O) groups excluding carboxylic acids is 3. The topological polar surface area (TPSA) is 78.5 Å². The maximum atomic E-state index is 13.7. The van der Waals surface area contributed by atoms with Crippen molar-refractivity contribution >= 4 is 28.4 Å². The first-order valence-corrected chi connectivity index (χ1v) is 15.3. The minimum atomic E-state index is -0.528. The predicted octanol–water partition coefficient (Wildman–Crippen LogP) is 5.68. The average Bonchev–Trinajstić information content (AvgIpc) is 3.18. The summed E-state index contributed by atoms with van der Waals surface area (Å²) in [5.74, 6) is -0.283. The van der Waals surface area contributed by atoms with Crippen LogP contribution in [0.5, 0.6) is 0 Å². The van der Waals surface area contributed by atoms with Crippen LogP contribution < -0.4 is 10.6 Å². The molecule has 1 aliphatic carbocycles. The van der Waals surface area contributed by atoms with Crippen LogP contribution in [0.25, 0.3) is 10.8 Å². The molecular formula is C35H43N3O3. The smallest absolute Gasteiger partial charge is 0.251 e. The number of hydrogen-bond acceptors (Lipinski definition) is 4. The second kappa shape index (κ2) is 13.4. The monoisotopic (exact) mass is 553 g/mol. The van der Waals surface area contributed by atoms with Gasteiger partial charge in [-0.05, 0) is 78.6 Å². The lowest BCUT2D eigenvalue weighted by Crippen LogP contribution is -2.53. The molecule has 6 nitrogen and oxygen atoms in total. The molecule has 1 aliphatic heterocycles. The van der Waals surface area contributed by atoms with E-state index in [2.05, 4.69) is 53.6 Å². The summed E-state index contributed by atoms with van der Waals surface area (Å²) in [7, 11) is 0. The van der Waals surface area contributed by atoms with Crippen LogP contribution in [-0.2, 0) is 22.6 Å². The van der Waals surface area contributed by atoms with Gasteiger partial charge in [0.1, 0.15) is 0 Å². The Morgan fingerprint density at radius 3 is 2.41 bits per heavy atom. The van der Waals surface area contributed by atoms with Gasteiger partial charge in [0, 0.05) is 18.2 Å². The summed E-state index contributed by atoms with van der Waals surface area (Å²) in [6, 6.07) is 21.4. The van der Waals surface area contributed by atoms with Gasteiger partial charge in [0.2, 0.25) is 5.91 Å². The van der Waals surface area contributed by atoms with E-state index in [9.17, 15) is 14.4 Å². The van der Waals surface area contributed by atoms with Crippen LogP contribution >= 0.6 is 0 Å². The molecule has 0 spiro atoms. The summed E-state index contributed by atoms with van der Waals surface area (Å²) in [6.07, 6.45) is 6.03. The number of amides is 2. The molecule has 1 fully saturated rings. The fraction of sp³-hybridized carbons (Fsp3) is 0.457. The van der Waals surface area contributed by atoms with E-state index in [1.807, 2.05) is 42.5 Å². The first kappa shape index (κ1) is 29.0. The number of Topliss-reactive ketones (excluding diaryl/α,β-unsaturated/α-hetero) is 1. The molecule has 3 atom stereocenters. The number of carbonyl (C=O) groups is 3. The van der Waals surface area contributed by atoms with Crippen molar-refractivity contribution in [3.8, 4) is 0 Å². The maximum absolute atomic E-state index is 13.7. The molecule has 2 amide bonds. The first-order valence-electron chi connectivity index (χ1n) is 15.3. The summed E-state index contributed by atoms with van der Waals surface area (Å²) in [4.78, 5) is 42.8. The lowest BCUT2D eigenvalue weighted by molar-refractivity contribution is -0.132. The molecule has 0 radical (unpaired) electrons. The van der Waals surface area contributed by atoms with Gasteiger partial charge in [0.25, 0.3) is 5.91 Å². The van der Waals surface area contributed by atoms with E-state index in [-0.39, 0.29) is 35.5 Å². The van der Waals surface area contributed by atoms with Crippen molar-refractivity contribution in [2.45, 2.75) is 77.4 Å². The summed E-state index contributed by atoms with van der Waals surface area (Å²) in [5, 5.41) is 8.41. The van der Waals surface area contributed by atoms with Crippen molar-refractivity contribution in [1.29, 1.82) is 0 Å². The predicted molar refractivity (Wildman–Crippen MR) is 164 cm³/mol. The second-order valence-corrected chi connectivity index (χ2v) is 12.3. The summed E-state index contributed by atoms with van der Waals surface area (Å²) < 4.78 is 0. The lowest BCUT2D eigenvalue weighted by atomic mass is 9.83. The molecule has 5 rings (SSSR count). The third kappa shape index (κ3) is 7.42. The van der Waals surface area contributed by atoms with E-state index < -0.39 is 6.04 Å². The van der Waals surface area contributed by atoms with E-state index in [1.54, 1.807) is 0 Å². The Kier molecular flexibility index (Phi) is 9.50. The van der Waals surface area contributed by atoms with Gasteiger partial charge in [-0.1, -0.05) is 81.3 Å². The largest absolute Gasteiger partial charge is 0.349 e. The van der Waals surface area contributed by atoms with E-state index in [0.717, 1.165) is 56.0 Å². The van der Waals surface area contributed by atoms with E-state index in [0.29, 0.717) is 24.9 Å². The highest BCUT2D eigenvalue weighted by molar-refractivity contribution is 5.99. The summed E-state index contributed by atoms with van der Waals surface area (Å²) in [6.45, 7) is 6.13. The Morgan fingerprint density at radius 2 is 1.61 bits per heavy atom. The highest BCUT2D eigenvalue weighted by Gasteiger charge is 2.35. The number of benzene rings is 3. The zero-order valence-electron chi connectivity index (χ0n) is 24.4. The fourth-order valence-corrected chi connectivity index (χ4v) is 6.46. The molecule has 3 aromatic rings. The molecule has 0 unspecified atom stereocenters. The zero-order chi connectivity index (χ0) is 28.8. The van der Waals surface area contributed by atoms with Crippen molar-refractivity contribution in [2.75, 3.05) is 13.1 Å². The normalized spacial score (nSPS) is 20.2. The number of fused-ring (bicyclic) bond motifs is 2. The third-order valence-electron chi connectivity index (χ3n) is 8.66. The molecule has 0 saturated heterocycles. The fourth-order valence-electron chi connectivity index (χ4n) is 6.46. The highest BCUT2D eigenvalue weighted by Crippen LogP contribution is 2.26. The van der Waals surface area contributed by atoms with Gasteiger partial charge in [0.05, 0.1) is 18.5 Å². The van der Waals surface area contributed by atoms with Crippen LogP contribution in [-0.4, -0.2) is 47.7 Å². The number of aryl methyl sites for hydroxylation is 1. The van der Waals surface area contributed by atoms with Crippen LogP contribution in [0, 0.1) is 11.8 Å². The first-order chi connectivity index (χ1) is 19.9. The summed E-state index contributed by atoms with van der Waals surface area (Å²) >= 11 is 0. The molecule has 2 N–H and O–H groups in total. The van der Waals surface area contributed by atoms with Crippen LogP contribution in [0.4, 0.5) is 0 Å². The van der Waals surface area contributed by atoms with Crippen molar-refractivity contribution in [1.82, 2.24) is 15.5 Å². The van der Waals surface area contributed by atoms with Gasteiger partial charge in [0.15, 0.2) is 5.78 Å². The van der Waals surface area contributed by atoms with Gasteiger partial charge >= 0.3 is 0 Å². The van der Waals surface area contributed by atoms with Gasteiger partial charge in [-0.3, -0.25) is 19.3 Å². The van der Waals surface area contributed by atoms with E-state index >= 15 is 0 Å². The SMILES string of the molecule is CC(C)C[C@H](NC(=O)[C@@H]1CCCC[C@@H]1NC(=O)c1ccc2ccccc2c1)C(=O)CN1CCCc2ccccc2C1. The van der Waals surface area contributed by atoms with Crippen LogP contribution in [0.1, 0.15) is 73.9 Å². The van der Waals surface area contributed by atoms with Gasteiger partial charge in [-0.25, -0.2) is 0 Å². The Bertz CT molecular complexity index is 1380. The molecule has 1 heterocycles. The number of ketones is 1. The highest BCUT2D eigenvalue weighted by atomic mass is 16.2. The molecular weight excluding hydrogens is 510 g/mol. The maximum Gasteiger partial charge on any atom is 0.251 e. The van der Waals surface area contributed by atoms with Gasteiger partial charge in [-0.15, -0.1) is 0 Å². The molecule has 2 aliphatic rings. The van der Waals surface area contributed by atoms with Crippen LogP contribution in [0.2, 0.25) is 0 Å². The number of hydrogen-bond donors (Lipinski definition) is 2. The Balaban J connectivity index is 1.24. The third-order valence-corrected chi connectivity index (χ3v) is 8.66. The second-order valence-electron chi connectivity index (χ2n) is 12.3.